The van der Waals surface area contributed by atoms with Gasteiger partial charge in [-0.05, 0) is 49.9 Å². The summed E-state index contributed by atoms with van der Waals surface area (Å²) in [5.41, 5.74) is 0.695. The Morgan fingerprint density at radius 1 is 1.29 bits per heavy atom. The number of benzene rings is 1. The Balaban J connectivity index is 1.93. The Kier molecular flexibility index (Phi) is 4.29. The van der Waals surface area contributed by atoms with Gasteiger partial charge in [-0.1, -0.05) is 0 Å². The highest BCUT2D eigenvalue weighted by molar-refractivity contribution is 6.05. The molecule has 6 nitrogen and oxygen atoms in total. The first kappa shape index (κ1) is 16.1. The number of nitrogens with zero attached hydrogens (tertiary/aromatic N) is 1. The number of carboxylic acids is 1. The van der Waals surface area contributed by atoms with Gasteiger partial charge in [0.05, 0.1) is 12.7 Å². The number of hydrogen-bond donors (Lipinski definition) is 1. The third-order valence-corrected chi connectivity index (χ3v) is 4.34. The fourth-order valence-corrected chi connectivity index (χ4v) is 2.75. The van der Waals surface area contributed by atoms with Crippen molar-refractivity contribution in [3.63, 3.8) is 0 Å². The number of furan rings is 1. The molecule has 1 heterocycles. The molecule has 1 atom stereocenters. The molecule has 1 aromatic heterocycles. The van der Waals surface area contributed by atoms with E-state index >= 15 is 0 Å². The molecule has 1 amide bonds. The third kappa shape index (κ3) is 3.13. The van der Waals surface area contributed by atoms with Gasteiger partial charge in [-0.3, -0.25) is 4.79 Å². The maximum absolute atomic E-state index is 12.9. The number of anilines is 1. The third-order valence-electron chi connectivity index (χ3n) is 4.34. The van der Waals surface area contributed by atoms with E-state index in [0.717, 1.165) is 24.8 Å². The summed E-state index contributed by atoms with van der Waals surface area (Å²) < 4.78 is 10.3. The highest BCUT2D eigenvalue weighted by Gasteiger charge is 2.36. The minimum atomic E-state index is -1.12. The zero-order chi connectivity index (χ0) is 17.3. The van der Waals surface area contributed by atoms with Gasteiger partial charge in [-0.25, -0.2) is 4.79 Å². The van der Waals surface area contributed by atoms with Crippen molar-refractivity contribution in [1.82, 2.24) is 0 Å². The van der Waals surface area contributed by atoms with Crippen LogP contribution >= 0.6 is 0 Å². The van der Waals surface area contributed by atoms with Crippen LogP contribution < -0.4 is 9.64 Å². The van der Waals surface area contributed by atoms with Crippen molar-refractivity contribution in [2.45, 2.75) is 25.8 Å². The fourth-order valence-electron chi connectivity index (χ4n) is 2.75. The van der Waals surface area contributed by atoms with Crippen LogP contribution in [0, 0.1) is 5.92 Å². The van der Waals surface area contributed by atoms with Gasteiger partial charge >= 0.3 is 5.97 Å². The van der Waals surface area contributed by atoms with Crippen molar-refractivity contribution in [2.75, 3.05) is 12.0 Å². The number of methoxy groups -OCH3 is 1. The lowest BCUT2D eigenvalue weighted by Gasteiger charge is -2.29. The van der Waals surface area contributed by atoms with Crippen molar-refractivity contribution in [1.29, 1.82) is 0 Å². The molecule has 0 bridgehead atoms. The highest BCUT2D eigenvalue weighted by Crippen LogP contribution is 2.38. The predicted molar refractivity (Wildman–Crippen MR) is 87.7 cm³/mol. The molecule has 1 saturated carbocycles. The Bertz CT molecular complexity index is 745. The molecule has 126 valence electrons. The lowest BCUT2D eigenvalue weighted by molar-refractivity contribution is 0.0696. The normalized spacial score (nSPS) is 14.9. The molecule has 3 rings (SSSR count). The van der Waals surface area contributed by atoms with Crippen molar-refractivity contribution in [3.8, 4) is 5.75 Å². The molecule has 2 aromatic rings. The van der Waals surface area contributed by atoms with E-state index in [9.17, 15) is 9.59 Å². The summed E-state index contributed by atoms with van der Waals surface area (Å²) >= 11 is 0. The van der Waals surface area contributed by atoms with Crippen molar-refractivity contribution < 1.29 is 23.8 Å². The molecule has 0 spiro atoms. The molecular weight excluding hydrogens is 310 g/mol. The first-order valence-electron chi connectivity index (χ1n) is 7.80. The van der Waals surface area contributed by atoms with Gasteiger partial charge in [0.25, 0.3) is 5.91 Å². The number of carbonyl (C=O) groups is 2. The van der Waals surface area contributed by atoms with Gasteiger partial charge in [0.2, 0.25) is 0 Å². The van der Waals surface area contributed by atoms with E-state index in [-0.39, 0.29) is 23.3 Å². The van der Waals surface area contributed by atoms with Crippen LogP contribution in [0.25, 0.3) is 0 Å². The summed E-state index contributed by atoms with van der Waals surface area (Å²) in [7, 11) is 1.58. The summed E-state index contributed by atoms with van der Waals surface area (Å²) in [5, 5.41) is 9.00. The van der Waals surface area contributed by atoms with Crippen LogP contribution in [0.15, 0.2) is 41.0 Å². The highest BCUT2D eigenvalue weighted by atomic mass is 16.5. The molecule has 1 aliphatic carbocycles. The van der Waals surface area contributed by atoms with E-state index in [1.165, 1.54) is 6.07 Å². The molecule has 0 aliphatic heterocycles. The summed E-state index contributed by atoms with van der Waals surface area (Å²) in [6.45, 7) is 2.00. The van der Waals surface area contributed by atoms with Crippen LogP contribution in [-0.4, -0.2) is 30.1 Å². The largest absolute Gasteiger partial charge is 0.497 e. The second-order valence-corrected chi connectivity index (χ2v) is 5.96. The Morgan fingerprint density at radius 2 is 1.96 bits per heavy atom. The van der Waals surface area contributed by atoms with Crippen molar-refractivity contribution in [2.24, 2.45) is 5.92 Å². The Hall–Kier alpha value is -2.76. The quantitative estimate of drug-likeness (QED) is 0.878. The summed E-state index contributed by atoms with van der Waals surface area (Å²) in [6, 6.07) is 8.48. The molecule has 0 saturated heterocycles. The average molecular weight is 329 g/mol. The molecular formula is C18H19NO5. The maximum Gasteiger partial charge on any atom is 0.338 e. The number of amides is 1. The molecule has 6 heteroatoms. The van der Waals surface area contributed by atoms with Gasteiger partial charge in [-0.2, -0.15) is 0 Å². The van der Waals surface area contributed by atoms with E-state index in [1.807, 2.05) is 19.1 Å². The van der Waals surface area contributed by atoms with Gasteiger partial charge in [0, 0.05) is 17.8 Å². The molecule has 0 radical (unpaired) electrons. The topological polar surface area (TPSA) is 80.0 Å². The number of carbonyl (C=O) groups excluding carboxylic acids is 1. The van der Waals surface area contributed by atoms with E-state index in [1.54, 1.807) is 24.1 Å². The van der Waals surface area contributed by atoms with E-state index in [0.29, 0.717) is 11.7 Å². The molecule has 1 fully saturated rings. The minimum absolute atomic E-state index is 0.00396. The Labute approximate surface area is 139 Å². The standard InChI is InChI=1S/C18H19NO5/c1-11(12-3-4-12)19(14-5-7-15(23-2)8-6-14)17(20)16-9-13(10-24-16)18(21)22/h5-12H,3-4H2,1-2H3,(H,21,22)/t11-/m0/s1. The summed E-state index contributed by atoms with van der Waals surface area (Å²) in [5.74, 6) is -0.284. The number of ether oxygens (including phenoxy) is 1. The van der Waals surface area contributed by atoms with Gasteiger partial charge in [0.15, 0.2) is 5.76 Å². The lowest BCUT2D eigenvalue weighted by atomic mass is 10.1. The molecule has 0 unspecified atom stereocenters. The van der Waals surface area contributed by atoms with Crippen LogP contribution in [0.3, 0.4) is 0 Å². The molecule has 1 aliphatic rings. The summed E-state index contributed by atoms with van der Waals surface area (Å²) in [4.78, 5) is 25.6. The van der Waals surface area contributed by atoms with Crippen LogP contribution in [-0.2, 0) is 0 Å². The first-order chi connectivity index (χ1) is 11.5. The van der Waals surface area contributed by atoms with Crippen LogP contribution in [0.5, 0.6) is 5.75 Å². The smallest absolute Gasteiger partial charge is 0.338 e. The van der Waals surface area contributed by atoms with Gasteiger partial charge in [-0.15, -0.1) is 0 Å². The van der Waals surface area contributed by atoms with Gasteiger partial charge < -0.3 is 19.2 Å². The maximum atomic E-state index is 12.9. The zero-order valence-electron chi connectivity index (χ0n) is 13.6. The van der Waals surface area contributed by atoms with Crippen LogP contribution in [0.4, 0.5) is 5.69 Å². The Morgan fingerprint density at radius 3 is 2.46 bits per heavy atom. The number of aromatic carboxylic acids is 1. The number of carboxylic acid groups (broad SMARTS) is 1. The van der Waals surface area contributed by atoms with E-state index in [4.69, 9.17) is 14.3 Å². The van der Waals surface area contributed by atoms with Gasteiger partial charge in [0.1, 0.15) is 12.0 Å². The monoisotopic (exact) mass is 329 g/mol. The van der Waals surface area contributed by atoms with Crippen LogP contribution in [0.2, 0.25) is 0 Å². The molecule has 1 N–H and O–H groups in total. The van der Waals surface area contributed by atoms with Crippen LogP contribution in [0.1, 0.15) is 40.7 Å². The minimum Gasteiger partial charge on any atom is -0.497 e. The zero-order valence-corrected chi connectivity index (χ0v) is 13.6. The van der Waals surface area contributed by atoms with E-state index < -0.39 is 5.97 Å². The average Bonchev–Trinajstić information content (AvgIpc) is 3.31. The van der Waals surface area contributed by atoms with Crippen molar-refractivity contribution in [3.05, 3.63) is 47.9 Å². The molecule has 24 heavy (non-hydrogen) atoms. The van der Waals surface area contributed by atoms with Crippen molar-refractivity contribution >= 4 is 17.6 Å². The predicted octanol–water partition coefficient (Wildman–Crippen LogP) is 3.43. The van der Waals surface area contributed by atoms with E-state index in [2.05, 4.69) is 0 Å². The fraction of sp³-hybridized carbons (Fsp3) is 0.333. The SMILES string of the molecule is COc1ccc(N(C(=O)c2cc(C(=O)O)co2)[C@@H](C)C2CC2)cc1. The second-order valence-electron chi connectivity index (χ2n) is 5.96. The first-order valence-corrected chi connectivity index (χ1v) is 7.80. The molecule has 1 aromatic carbocycles. The number of hydrogen-bond acceptors (Lipinski definition) is 4. The lowest BCUT2D eigenvalue weighted by Crippen LogP contribution is -2.40. The summed E-state index contributed by atoms with van der Waals surface area (Å²) in [6.07, 6.45) is 3.25. The number of rotatable bonds is 6. The second kappa shape index (κ2) is 6.39.